The van der Waals surface area contributed by atoms with Crippen LogP contribution in [0.3, 0.4) is 0 Å². The van der Waals surface area contributed by atoms with E-state index >= 15 is 0 Å². The van der Waals surface area contributed by atoms with E-state index in [1.807, 2.05) is 23.8 Å². The summed E-state index contributed by atoms with van der Waals surface area (Å²) in [6.07, 6.45) is 3.44. The van der Waals surface area contributed by atoms with Crippen LogP contribution in [0.1, 0.15) is 17.4 Å². The molecular weight excluding hydrogens is 238 g/mol. The Morgan fingerprint density at radius 3 is 3.00 bits per heavy atom. The van der Waals surface area contributed by atoms with Crippen molar-refractivity contribution in [3.05, 3.63) is 47.5 Å². The number of halogens is 1. The number of nitrogens with zero attached hydrogens (tertiary/aromatic N) is 2. The van der Waals surface area contributed by atoms with Crippen LogP contribution in [0.4, 0.5) is 5.69 Å². The number of rotatable bonds is 3. The second-order valence-corrected chi connectivity index (χ2v) is 3.83. The first-order chi connectivity index (χ1) is 8.22. The lowest BCUT2D eigenvalue weighted by atomic mass is 10.3. The maximum Gasteiger partial charge on any atom is 0.272 e. The van der Waals surface area contributed by atoms with Gasteiger partial charge >= 0.3 is 0 Å². The highest BCUT2D eigenvalue weighted by atomic mass is 35.5. The second-order valence-electron chi connectivity index (χ2n) is 3.48. The number of aryl methyl sites for hydroxylation is 1. The summed E-state index contributed by atoms with van der Waals surface area (Å²) in [5.41, 5.74) is 1.12. The smallest absolute Gasteiger partial charge is 0.272 e. The molecule has 88 valence electrons. The number of pyridine rings is 1. The van der Waals surface area contributed by atoms with Crippen LogP contribution in [0.2, 0.25) is 5.15 Å². The maximum absolute atomic E-state index is 12.0. The molecule has 0 unspecified atom stereocenters. The molecule has 17 heavy (non-hydrogen) atoms. The van der Waals surface area contributed by atoms with Gasteiger partial charge in [0.2, 0.25) is 0 Å². The van der Waals surface area contributed by atoms with Gasteiger partial charge in [-0.2, -0.15) is 0 Å². The summed E-state index contributed by atoms with van der Waals surface area (Å²) in [4.78, 5) is 15.9. The van der Waals surface area contributed by atoms with Gasteiger partial charge in [-0.1, -0.05) is 11.6 Å². The van der Waals surface area contributed by atoms with Gasteiger partial charge in [0, 0.05) is 18.9 Å². The zero-order valence-electron chi connectivity index (χ0n) is 9.35. The molecule has 0 radical (unpaired) electrons. The van der Waals surface area contributed by atoms with Crippen molar-refractivity contribution in [3.8, 4) is 0 Å². The summed E-state index contributed by atoms with van der Waals surface area (Å²) in [6, 6.07) is 7.04. The van der Waals surface area contributed by atoms with Gasteiger partial charge in [-0.3, -0.25) is 4.79 Å². The first-order valence-corrected chi connectivity index (χ1v) is 5.67. The van der Waals surface area contributed by atoms with Crippen LogP contribution in [0.25, 0.3) is 0 Å². The van der Waals surface area contributed by atoms with Gasteiger partial charge in [0.25, 0.3) is 5.91 Å². The fraction of sp³-hybridized carbons (Fsp3) is 0.167. The third kappa shape index (κ3) is 2.47. The molecular formula is C12H12ClN3O. The van der Waals surface area contributed by atoms with Crippen LogP contribution in [-0.4, -0.2) is 15.5 Å². The van der Waals surface area contributed by atoms with E-state index in [2.05, 4.69) is 10.3 Å². The molecule has 0 bridgehead atoms. The maximum atomic E-state index is 12.0. The van der Waals surface area contributed by atoms with E-state index in [-0.39, 0.29) is 11.1 Å². The summed E-state index contributed by atoms with van der Waals surface area (Å²) in [7, 11) is 0. The second kappa shape index (κ2) is 5.01. The van der Waals surface area contributed by atoms with E-state index in [4.69, 9.17) is 11.6 Å². The molecule has 0 aliphatic carbocycles. The van der Waals surface area contributed by atoms with E-state index in [0.29, 0.717) is 11.4 Å². The van der Waals surface area contributed by atoms with Crippen molar-refractivity contribution in [3.63, 3.8) is 0 Å². The van der Waals surface area contributed by atoms with Crippen molar-refractivity contribution in [1.82, 2.24) is 9.55 Å². The molecule has 2 rings (SSSR count). The van der Waals surface area contributed by atoms with E-state index < -0.39 is 0 Å². The van der Waals surface area contributed by atoms with Gasteiger partial charge in [-0.15, -0.1) is 0 Å². The highest BCUT2D eigenvalue weighted by Crippen LogP contribution is 2.18. The molecule has 0 spiro atoms. The molecule has 2 aromatic rings. The van der Waals surface area contributed by atoms with Crippen molar-refractivity contribution in [2.45, 2.75) is 13.5 Å². The highest BCUT2D eigenvalue weighted by molar-refractivity contribution is 6.32. The fourth-order valence-corrected chi connectivity index (χ4v) is 1.73. The van der Waals surface area contributed by atoms with E-state index in [0.717, 1.165) is 6.54 Å². The third-order valence-corrected chi connectivity index (χ3v) is 2.71. The molecule has 4 nitrogen and oxygen atoms in total. The minimum absolute atomic E-state index is 0.188. The summed E-state index contributed by atoms with van der Waals surface area (Å²) in [5, 5.41) is 3.02. The lowest BCUT2D eigenvalue weighted by Gasteiger charge is -2.08. The fourth-order valence-electron chi connectivity index (χ4n) is 1.56. The van der Waals surface area contributed by atoms with Crippen molar-refractivity contribution in [1.29, 1.82) is 0 Å². The lowest BCUT2D eigenvalue weighted by molar-refractivity contribution is 0.101. The van der Waals surface area contributed by atoms with Gasteiger partial charge in [-0.05, 0) is 31.2 Å². The molecule has 0 atom stereocenters. The standard InChI is InChI=1S/C12H12ClN3O/c1-2-16-8-4-6-10(16)12(17)15-9-5-3-7-14-11(9)13/h3-8H,2H2,1H3,(H,15,17). The van der Waals surface area contributed by atoms with Gasteiger partial charge in [0.1, 0.15) is 5.69 Å². The van der Waals surface area contributed by atoms with Gasteiger partial charge < -0.3 is 9.88 Å². The average Bonchev–Trinajstić information content (AvgIpc) is 2.80. The molecule has 0 saturated heterocycles. The largest absolute Gasteiger partial charge is 0.344 e. The highest BCUT2D eigenvalue weighted by Gasteiger charge is 2.11. The van der Waals surface area contributed by atoms with Crippen molar-refractivity contribution in [2.75, 3.05) is 5.32 Å². The molecule has 2 aromatic heterocycles. The first kappa shape index (κ1) is 11.7. The van der Waals surface area contributed by atoms with Crippen molar-refractivity contribution in [2.24, 2.45) is 0 Å². The van der Waals surface area contributed by atoms with Crippen LogP contribution in [0.15, 0.2) is 36.7 Å². The summed E-state index contributed by atoms with van der Waals surface area (Å²) < 4.78 is 1.86. The SMILES string of the molecule is CCn1cccc1C(=O)Nc1cccnc1Cl. The van der Waals surface area contributed by atoms with Crippen LogP contribution in [0.5, 0.6) is 0 Å². The Kier molecular flexibility index (Phi) is 3.44. The first-order valence-electron chi connectivity index (χ1n) is 5.29. The Bertz CT molecular complexity index is 536. The lowest BCUT2D eigenvalue weighted by Crippen LogP contribution is -2.16. The number of carbonyl (C=O) groups excluding carboxylic acids is 1. The summed E-state index contributed by atoms with van der Waals surface area (Å²) >= 11 is 5.87. The van der Waals surface area contributed by atoms with Crippen LogP contribution in [0, 0.1) is 0 Å². The molecule has 0 aromatic carbocycles. The predicted molar refractivity (Wildman–Crippen MR) is 67.3 cm³/mol. The molecule has 1 amide bonds. The number of carbonyl (C=O) groups is 1. The molecule has 1 N–H and O–H groups in total. The topological polar surface area (TPSA) is 46.9 Å². The van der Waals surface area contributed by atoms with Crippen molar-refractivity contribution < 1.29 is 4.79 Å². The minimum Gasteiger partial charge on any atom is -0.344 e. The number of hydrogen-bond donors (Lipinski definition) is 1. The quantitative estimate of drug-likeness (QED) is 0.851. The molecule has 0 aliphatic heterocycles. The molecule has 5 heteroatoms. The number of nitrogens with one attached hydrogen (secondary N) is 1. The average molecular weight is 250 g/mol. The normalized spacial score (nSPS) is 10.2. The monoisotopic (exact) mass is 249 g/mol. The number of hydrogen-bond acceptors (Lipinski definition) is 2. The van der Waals surface area contributed by atoms with Crippen molar-refractivity contribution >= 4 is 23.2 Å². The van der Waals surface area contributed by atoms with E-state index in [1.165, 1.54) is 0 Å². The molecule has 0 aliphatic rings. The van der Waals surface area contributed by atoms with Gasteiger partial charge in [0.05, 0.1) is 5.69 Å². The summed E-state index contributed by atoms with van der Waals surface area (Å²) in [6.45, 7) is 2.73. The Morgan fingerprint density at radius 2 is 2.29 bits per heavy atom. The number of anilines is 1. The molecule has 2 heterocycles. The molecule has 0 saturated carbocycles. The summed E-state index contributed by atoms with van der Waals surface area (Å²) in [5.74, 6) is -0.188. The Morgan fingerprint density at radius 1 is 1.47 bits per heavy atom. The number of amides is 1. The van der Waals surface area contributed by atoms with Gasteiger partial charge in [0.15, 0.2) is 5.15 Å². The van der Waals surface area contributed by atoms with Crippen LogP contribution in [-0.2, 0) is 6.54 Å². The zero-order chi connectivity index (χ0) is 12.3. The molecule has 0 fully saturated rings. The number of aromatic nitrogens is 2. The minimum atomic E-state index is -0.188. The Labute approximate surface area is 104 Å². The van der Waals surface area contributed by atoms with Crippen LogP contribution < -0.4 is 5.32 Å². The zero-order valence-corrected chi connectivity index (χ0v) is 10.1. The predicted octanol–water partition coefficient (Wildman–Crippen LogP) is 2.81. The van der Waals surface area contributed by atoms with E-state index in [1.54, 1.807) is 24.4 Å². The third-order valence-electron chi connectivity index (χ3n) is 2.41. The van der Waals surface area contributed by atoms with E-state index in [9.17, 15) is 4.79 Å². The van der Waals surface area contributed by atoms with Crippen LogP contribution >= 0.6 is 11.6 Å². The van der Waals surface area contributed by atoms with Gasteiger partial charge in [-0.25, -0.2) is 4.98 Å². The Hall–Kier alpha value is -1.81. The Balaban J connectivity index is 2.20.